The van der Waals surface area contributed by atoms with Gasteiger partial charge < -0.3 is 10.4 Å². The highest BCUT2D eigenvalue weighted by molar-refractivity contribution is 5.85. The van der Waals surface area contributed by atoms with Gasteiger partial charge in [0.15, 0.2) is 0 Å². The predicted molar refractivity (Wildman–Crippen MR) is 52.2 cm³/mol. The highest BCUT2D eigenvalue weighted by Crippen LogP contribution is 2.39. The zero-order valence-corrected chi connectivity index (χ0v) is 8.40. The number of carboxylic acid groups (broad SMARTS) is 1. The molecule has 0 aromatic heterocycles. The molecular formula is C9H16ClNO2. The molecule has 0 aromatic rings. The molecule has 2 fully saturated rings. The lowest BCUT2D eigenvalue weighted by atomic mass is 9.70. The Kier molecular flexibility index (Phi) is 3.19. The van der Waals surface area contributed by atoms with Gasteiger partial charge in [-0.25, -0.2) is 0 Å². The first kappa shape index (κ1) is 10.8. The Hall–Kier alpha value is -0.280. The largest absolute Gasteiger partial charge is 0.481 e. The normalized spacial score (nSPS) is 30.3. The average Bonchev–Trinajstić information content (AvgIpc) is 2.02. The van der Waals surface area contributed by atoms with Crippen molar-refractivity contribution in [3.63, 3.8) is 0 Å². The number of carboxylic acids is 1. The SMILES string of the molecule is Cl.O=C(O)C1CCC2(CCC2)NC1. The van der Waals surface area contributed by atoms with Crippen LogP contribution in [0.4, 0.5) is 0 Å². The summed E-state index contributed by atoms with van der Waals surface area (Å²) in [6, 6.07) is 0. The molecule has 1 heterocycles. The molecule has 1 unspecified atom stereocenters. The second kappa shape index (κ2) is 3.84. The quantitative estimate of drug-likeness (QED) is 0.681. The summed E-state index contributed by atoms with van der Waals surface area (Å²) in [4.78, 5) is 10.6. The summed E-state index contributed by atoms with van der Waals surface area (Å²) in [7, 11) is 0. The monoisotopic (exact) mass is 205 g/mol. The van der Waals surface area contributed by atoms with E-state index < -0.39 is 5.97 Å². The Morgan fingerprint density at radius 1 is 1.38 bits per heavy atom. The maximum Gasteiger partial charge on any atom is 0.307 e. The van der Waals surface area contributed by atoms with Crippen LogP contribution in [0.1, 0.15) is 32.1 Å². The number of aliphatic carboxylic acids is 1. The molecule has 1 atom stereocenters. The number of rotatable bonds is 1. The second-order valence-electron chi connectivity index (χ2n) is 4.09. The van der Waals surface area contributed by atoms with Crippen LogP contribution in [0.2, 0.25) is 0 Å². The van der Waals surface area contributed by atoms with Gasteiger partial charge in [-0.2, -0.15) is 0 Å². The molecule has 1 saturated heterocycles. The van der Waals surface area contributed by atoms with Crippen LogP contribution in [0.25, 0.3) is 0 Å². The molecule has 0 amide bonds. The summed E-state index contributed by atoms with van der Waals surface area (Å²) in [5, 5.41) is 12.1. The zero-order chi connectivity index (χ0) is 8.60. The molecule has 76 valence electrons. The topological polar surface area (TPSA) is 49.3 Å². The van der Waals surface area contributed by atoms with E-state index in [0.717, 1.165) is 12.8 Å². The fourth-order valence-corrected chi connectivity index (χ4v) is 2.22. The van der Waals surface area contributed by atoms with E-state index in [4.69, 9.17) is 5.11 Å². The van der Waals surface area contributed by atoms with Gasteiger partial charge in [0, 0.05) is 12.1 Å². The van der Waals surface area contributed by atoms with Crippen molar-refractivity contribution in [1.29, 1.82) is 0 Å². The molecule has 1 aliphatic carbocycles. The van der Waals surface area contributed by atoms with E-state index >= 15 is 0 Å². The number of hydrogen-bond donors (Lipinski definition) is 2. The number of halogens is 1. The van der Waals surface area contributed by atoms with Gasteiger partial charge >= 0.3 is 5.97 Å². The molecule has 2 rings (SSSR count). The summed E-state index contributed by atoms with van der Waals surface area (Å²) in [5.41, 5.74) is 0.353. The second-order valence-corrected chi connectivity index (χ2v) is 4.09. The van der Waals surface area contributed by atoms with Crippen LogP contribution in [0.3, 0.4) is 0 Å². The lowest BCUT2D eigenvalue weighted by Crippen LogP contribution is -2.56. The van der Waals surface area contributed by atoms with Crippen molar-refractivity contribution < 1.29 is 9.90 Å². The maximum absolute atomic E-state index is 10.6. The Labute approximate surface area is 84.3 Å². The van der Waals surface area contributed by atoms with Gasteiger partial charge in [0.05, 0.1) is 5.92 Å². The molecule has 13 heavy (non-hydrogen) atoms. The van der Waals surface area contributed by atoms with Crippen molar-refractivity contribution >= 4 is 18.4 Å². The summed E-state index contributed by atoms with van der Waals surface area (Å²) in [6.45, 7) is 0.676. The van der Waals surface area contributed by atoms with Gasteiger partial charge in [0.1, 0.15) is 0 Å². The molecule has 4 heteroatoms. The number of nitrogens with one attached hydrogen (secondary N) is 1. The van der Waals surface area contributed by atoms with E-state index in [0.29, 0.717) is 12.1 Å². The smallest absolute Gasteiger partial charge is 0.307 e. The van der Waals surface area contributed by atoms with Gasteiger partial charge in [0.2, 0.25) is 0 Å². The molecule has 1 aliphatic heterocycles. The minimum Gasteiger partial charge on any atom is -0.481 e. The standard InChI is InChI=1S/C9H15NO2.ClH/c11-8(12)7-2-5-9(10-6-7)3-1-4-9;/h7,10H,1-6H2,(H,11,12);1H. The van der Waals surface area contributed by atoms with Crippen LogP contribution in [0.15, 0.2) is 0 Å². The van der Waals surface area contributed by atoms with E-state index in [9.17, 15) is 4.79 Å². The Morgan fingerprint density at radius 3 is 2.38 bits per heavy atom. The van der Waals surface area contributed by atoms with Crippen molar-refractivity contribution in [2.45, 2.75) is 37.6 Å². The number of carbonyl (C=O) groups is 1. The molecule has 2 aliphatic rings. The highest BCUT2D eigenvalue weighted by Gasteiger charge is 2.41. The Balaban J connectivity index is 0.000000845. The molecular weight excluding hydrogens is 190 g/mol. The van der Waals surface area contributed by atoms with E-state index in [1.165, 1.54) is 19.3 Å². The Bertz CT molecular complexity index is 194. The molecule has 1 spiro atoms. The minimum absolute atomic E-state index is 0. The van der Waals surface area contributed by atoms with Gasteiger partial charge in [-0.1, -0.05) is 0 Å². The molecule has 2 N–H and O–H groups in total. The Morgan fingerprint density at radius 2 is 2.08 bits per heavy atom. The third-order valence-electron chi connectivity index (χ3n) is 3.35. The zero-order valence-electron chi connectivity index (χ0n) is 7.58. The highest BCUT2D eigenvalue weighted by atomic mass is 35.5. The van der Waals surface area contributed by atoms with Gasteiger partial charge in [-0.05, 0) is 32.1 Å². The van der Waals surface area contributed by atoms with Crippen LogP contribution < -0.4 is 5.32 Å². The van der Waals surface area contributed by atoms with Crippen LogP contribution in [0.5, 0.6) is 0 Å². The lowest BCUT2D eigenvalue weighted by Gasteiger charge is -2.47. The third-order valence-corrected chi connectivity index (χ3v) is 3.35. The van der Waals surface area contributed by atoms with Crippen LogP contribution in [-0.2, 0) is 4.79 Å². The fraction of sp³-hybridized carbons (Fsp3) is 0.889. The van der Waals surface area contributed by atoms with Gasteiger partial charge in [0.25, 0.3) is 0 Å². The molecule has 0 bridgehead atoms. The van der Waals surface area contributed by atoms with Gasteiger partial charge in [-0.3, -0.25) is 4.79 Å². The molecule has 1 saturated carbocycles. The molecule has 0 radical (unpaired) electrons. The maximum atomic E-state index is 10.6. The number of hydrogen-bond acceptors (Lipinski definition) is 2. The van der Waals surface area contributed by atoms with Crippen molar-refractivity contribution in [3.05, 3.63) is 0 Å². The van der Waals surface area contributed by atoms with E-state index in [-0.39, 0.29) is 18.3 Å². The summed E-state index contributed by atoms with van der Waals surface area (Å²) < 4.78 is 0. The summed E-state index contributed by atoms with van der Waals surface area (Å²) >= 11 is 0. The van der Waals surface area contributed by atoms with Crippen LogP contribution in [-0.4, -0.2) is 23.2 Å². The third kappa shape index (κ3) is 1.97. The lowest BCUT2D eigenvalue weighted by molar-refractivity contribution is -0.143. The summed E-state index contributed by atoms with van der Waals surface area (Å²) in [5.74, 6) is -0.784. The van der Waals surface area contributed by atoms with Crippen LogP contribution in [0, 0.1) is 5.92 Å². The predicted octanol–water partition coefficient (Wildman–Crippen LogP) is 1.42. The van der Waals surface area contributed by atoms with Crippen molar-refractivity contribution in [2.75, 3.05) is 6.54 Å². The fourth-order valence-electron chi connectivity index (χ4n) is 2.22. The summed E-state index contributed by atoms with van der Waals surface area (Å²) in [6.07, 6.45) is 5.73. The average molecular weight is 206 g/mol. The first-order valence-electron chi connectivity index (χ1n) is 4.70. The minimum atomic E-state index is -0.642. The number of piperidine rings is 1. The van der Waals surface area contributed by atoms with Gasteiger partial charge in [-0.15, -0.1) is 12.4 Å². The van der Waals surface area contributed by atoms with Crippen LogP contribution >= 0.6 is 12.4 Å². The first-order valence-corrected chi connectivity index (χ1v) is 4.70. The van der Waals surface area contributed by atoms with Crippen molar-refractivity contribution in [2.24, 2.45) is 5.92 Å². The van der Waals surface area contributed by atoms with E-state index in [1.54, 1.807) is 0 Å². The van der Waals surface area contributed by atoms with Crippen molar-refractivity contribution in [3.8, 4) is 0 Å². The van der Waals surface area contributed by atoms with E-state index in [1.807, 2.05) is 0 Å². The van der Waals surface area contributed by atoms with Crippen molar-refractivity contribution in [1.82, 2.24) is 5.32 Å². The van der Waals surface area contributed by atoms with E-state index in [2.05, 4.69) is 5.32 Å². The molecule has 3 nitrogen and oxygen atoms in total. The first-order chi connectivity index (χ1) is 5.72. The molecule has 0 aromatic carbocycles.